The Morgan fingerprint density at radius 2 is 2.00 bits per heavy atom. The summed E-state index contributed by atoms with van der Waals surface area (Å²) in [6.07, 6.45) is 0. The molecule has 0 aromatic carbocycles. The zero-order valence-corrected chi connectivity index (χ0v) is 11.7. The lowest BCUT2D eigenvalue weighted by molar-refractivity contribution is 0.469. The Hall–Kier alpha value is -0.870. The molecule has 98 valence electrons. The SMILES string of the molecule is Cc1cc(CNC(C)CNCC(C)C)nn1C. The molecule has 4 nitrogen and oxygen atoms in total. The Labute approximate surface area is 105 Å². The van der Waals surface area contributed by atoms with E-state index < -0.39 is 0 Å². The summed E-state index contributed by atoms with van der Waals surface area (Å²) in [6, 6.07) is 2.59. The van der Waals surface area contributed by atoms with E-state index in [9.17, 15) is 0 Å². The summed E-state index contributed by atoms with van der Waals surface area (Å²) in [6.45, 7) is 11.6. The molecule has 0 amide bonds. The third-order valence-electron chi connectivity index (χ3n) is 2.80. The van der Waals surface area contributed by atoms with Crippen LogP contribution in [0.3, 0.4) is 0 Å². The molecule has 0 aliphatic rings. The third-order valence-corrected chi connectivity index (χ3v) is 2.80. The molecular formula is C13H26N4. The number of hydrogen-bond acceptors (Lipinski definition) is 3. The van der Waals surface area contributed by atoms with E-state index in [1.807, 2.05) is 11.7 Å². The van der Waals surface area contributed by atoms with Crippen molar-refractivity contribution in [2.75, 3.05) is 13.1 Å². The van der Waals surface area contributed by atoms with E-state index in [4.69, 9.17) is 0 Å². The number of aromatic nitrogens is 2. The van der Waals surface area contributed by atoms with Gasteiger partial charge < -0.3 is 10.6 Å². The van der Waals surface area contributed by atoms with Crippen LogP contribution >= 0.6 is 0 Å². The van der Waals surface area contributed by atoms with Crippen LogP contribution in [-0.2, 0) is 13.6 Å². The van der Waals surface area contributed by atoms with Crippen LogP contribution < -0.4 is 10.6 Å². The standard InChI is InChI=1S/C13H26N4/c1-10(2)7-14-8-11(3)15-9-13-6-12(4)17(5)16-13/h6,10-11,14-15H,7-9H2,1-5H3. The molecular weight excluding hydrogens is 212 g/mol. The summed E-state index contributed by atoms with van der Waals surface area (Å²) in [5.41, 5.74) is 2.31. The topological polar surface area (TPSA) is 41.9 Å². The van der Waals surface area contributed by atoms with Crippen LogP contribution in [0.4, 0.5) is 0 Å². The molecule has 1 aromatic rings. The van der Waals surface area contributed by atoms with Crippen molar-refractivity contribution in [1.29, 1.82) is 0 Å². The second-order valence-electron chi connectivity index (χ2n) is 5.23. The van der Waals surface area contributed by atoms with Gasteiger partial charge in [-0.3, -0.25) is 4.68 Å². The maximum atomic E-state index is 4.42. The number of aryl methyl sites for hydroxylation is 2. The van der Waals surface area contributed by atoms with Crippen LogP contribution in [0.15, 0.2) is 6.07 Å². The lowest BCUT2D eigenvalue weighted by atomic mass is 10.2. The van der Waals surface area contributed by atoms with Crippen molar-refractivity contribution in [1.82, 2.24) is 20.4 Å². The maximum Gasteiger partial charge on any atom is 0.0765 e. The third kappa shape index (κ3) is 5.33. The second kappa shape index (κ2) is 6.77. The molecule has 4 heteroatoms. The Balaban J connectivity index is 2.21. The van der Waals surface area contributed by atoms with E-state index in [2.05, 4.69) is 49.5 Å². The van der Waals surface area contributed by atoms with E-state index in [0.29, 0.717) is 12.0 Å². The molecule has 17 heavy (non-hydrogen) atoms. The predicted molar refractivity (Wildman–Crippen MR) is 72.0 cm³/mol. The maximum absolute atomic E-state index is 4.42. The van der Waals surface area contributed by atoms with Gasteiger partial charge in [0, 0.05) is 31.9 Å². The summed E-state index contributed by atoms with van der Waals surface area (Å²) in [5, 5.41) is 11.3. The van der Waals surface area contributed by atoms with Crippen molar-refractivity contribution in [3.8, 4) is 0 Å². The summed E-state index contributed by atoms with van der Waals surface area (Å²) >= 11 is 0. The van der Waals surface area contributed by atoms with Gasteiger partial charge in [0.25, 0.3) is 0 Å². The molecule has 0 bridgehead atoms. The van der Waals surface area contributed by atoms with Gasteiger partial charge >= 0.3 is 0 Å². The van der Waals surface area contributed by atoms with Crippen molar-refractivity contribution < 1.29 is 0 Å². The summed E-state index contributed by atoms with van der Waals surface area (Å²) in [4.78, 5) is 0. The normalized spacial score (nSPS) is 13.3. The Kier molecular flexibility index (Phi) is 5.65. The number of nitrogens with zero attached hydrogens (tertiary/aromatic N) is 2. The fourth-order valence-corrected chi connectivity index (χ4v) is 1.66. The Bertz CT molecular complexity index is 311. The van der Waals surface area contributed by atoms with Gasteiger partial charge in [-0.1, -0.05) is 13.8 Å². The van der Waals surface area contributed by atoms with Gasteiger partial charge in [-0.25, -0.2) is 0 Å². The first-order valence-corrected chi connectivity index (χ1v) is 6.42. The van der Waals surface area contributed by atoms with Gasteiger partial charge in [0.15, 0.2) is 0 Å². The molecule has 2 N–H and O–H groups in total. The highest BCUT2D eigenvalue weighted by molar-refractivity contribution is 5.08. The largest absolute Gasteiger partial charge is 0.315 e. The number of nitrogens with one attached hydrogen (secondary N) is 2. The number of rotatable bonds is 7. The molecule has 1 heterocycles. The highest BCUT2D eigenvalue weighted by atomic mass is 15.3. The van der Waals surface area contributed by atoms with Gasteiger partial charge in [0.05, 0.1) is 5.69 Å². The average Bonchev–Trinajstić information content (AvgIpc) is 2.55. The van der Waals surface area contributed by atoms with Crippen LogP contribution in [0, 0.1) is 12.8 Å². The molecule has 0 saturated heterocycles. The summed E-state index contributed by atoms with van der Waals surface area (Å²) in [5.74, 6) is 0.709. The van der Waals surface area contributed by atoms with Crippen LogP contribution in [0.25, 0.3) is 0 Å². The Morgan fingerprint density at radius 1 is 1.29 bits per heavy atom. The highest BCUT2D eigenvalue weighted by Crippen LogP contribution is 2.00. The quantitative estimate of drug-likeness (QED) is 0.755. The van der Waals surface area contributed by atoms with Crippen molar-refractivity contribution in [2.24, 2.45) is 13.0 Å². The van der Waals surface area contributed by atoms with Gasteiger partial charge in [0.1, 0.15) is 0 Å². The Morgan fingerprint density at radius 3 is 2.53 bits per heavy atom. The first-order valence-electron chi connectivity index (χ1n) is 6.42. The van der Waals surface area contributed by atoms with E-state index in [0.717, 1.165) is 25.3 Å². The molecule has 1 aromatic heterocycles. The highest BCUT2D eigenvalue weighted by Gasteiger charge is 2.04. The average molecular weight is 238 g/mol. The lowest BCUT2D eigenvalue weighted by Crippen LogP contribution is -2.37. The van der Waals surface area contributed by atoms with E-state index in [1.165, 1.54) is 5.69 Å². The first kappa shape index (κ1) is 14.2. The van der Waals surface area contributed by atoms with Crippen LogP contribution in [0.2, 0.25) is 0 Å². The molecule has 0 aliphatic heterocycles. The van der Waals surface area contributed by atoms with E-state index in [1.54, 1.807) is 0 Å². The van der Waals surface area contributed by atoms with Crippen molar-refractivity contribution in [3.63, 3.8) is 0 Å². The van der Waals surface area contributed by atoms with E-state index in [-0.39, 0.29) is 0 Å². The molecule has 0 fully saturated rings. The minimum atomic E-state index is 0.469. The van der Waals surface area contributed by atoms with Gasteiger partial charge in [-0.05, 0) is 32.4 Å². The smallest absolute Gasteiger partial charge is 0.0765 e. The fourth-order valence-electron chi connectivity index (χ4n) is 1.66. The zero-order chi connectivity index (χ0) is 12.8. The van der Waals surface area contributed by atoms with Gasteiger partial charge in [0.2, 0.25) is 0 Å². The van der Waals surface area contributed by atoms with E-state index >= 15 is 0 Å². The van der Waals surface area contributed by atoms with Crippen LogP contribution in [-0.4, -0.2) is 28.9 Å². The molecule has 0 spiro atoms. The van der Waals surface area contributed by atoms with Crippen molar-refractivity contribution >= 4 is 0 Å². The predicted octanol–water partition coefficient (Wildman–Crippen LogP) is 1.45. The molecule has 0 radical (unpaired) electrons. The zero-order valence-electron chi connectivity index (χ0n) is 11.7. The summed E-state index contributed by atoms with van der Waals surface area (Å²) < 4.78 is 1.92. The summed E-state index contributed by atoms with van der Waals surface area (Å²) in [7, 11) is 1.98. The monoisotopic (exact) mass is 238 g/mol. The van der Waals surface area contributed by atoms with Crippen LogP contribution in [0.5, 0.6) is 0 Å². The first-order chi connectivity index (χ1) is 7.99. The van der Waals surface area contributed by atoms with Gasteiger partial charge in [-0.15, -0.1) is 0 Å². The van der Waals surface area contributed by atoms with Crippen molar-refractivity contribution in [2.45, 2.75) is 40.3 Å². The number of hydrogen-bond donors (Lipinski definition) is 2. The minimum Gasteiger partial charge on any atom is -0.315 e. The van der Waals surface area contributed by atoms with Crippen LogP contribution in [0.1, 0.15) is 32.2 Å². The molecule has 0 saturated carbocycles. The second-order valence-corrected chi connectivity index (χ2v) is 5.23. The molecule has 1 unspecified atom stereocenters. The molecule has 0 aliphatic carbocycles. The van der Waals surface area contributed by atoms with Crippen molar-refractivity contribution in [3.05, 3.63) is 17.5 Å². The fraction of sp³-hybridized carbons (Fsp3) is 0.769. The minimum absolute atomic E-state index is 0.469. The van der Waals surface area contributed by atoms with Gasteiger partial charge in [-0.2, -0.15) is 5.10 Å². The lowest BCUT2D eigenvalue weighted by Gasteiger charge is -2.14. The molecule has 1 atom stereocenters. The molecule has 1 rings (SSSR count).